The van der Waals surface area contributed by atoms with Crippen molar-refractivity contribution in [3.8, 4) is 0 Å². The lowest BCUT2D eigenvalue weighted by Gasteiger charge is -2.37. The molecule has 0 radical (unpaired) electrons. The molecule has 1 aliphatic rings. The van der Waals surface area contributed by atoms with E-state index in [1.54, 1.807) is 19.1 Å². The first kappa shape index (κ1) is 21.7. The Balaban J connectivity index is 1.62. The molecule has 0 spiro atoms. The number of halogens is 3. The normalized spacial score (nSPS) is 17.1. The molecule has 9 heteroatoms. The van der Waals surface area contributed by atoms with Crippen LogP contribution in [0.15, 0.2) is 47.4 Å². The summed E-state index contributed by atoms with van der Waals surface area (Å²) in [6.45, 7) is 2.39. The van der Waals surface area contributed by atoms with Crippen LogP contribution in [0.4, 0.5) is 8.78 Å². The second-order valence-corrected chi connectivity index (χ2v) is 9.69. The molecule has 0 atom stereocenters. The zero-order chi connectivity index (χ0) is 21.2. The first-order chi connectivity index (χ1) is 13.6. The maximum absolute atomic E-state index is 13.3. The standard InChI is InChI=1S/C20H21ClF2N2O3S/c1-20(19(26)24-13-14-2-4-15(22)5-3-14)8-10-25(11-9-20)29(27,28)16-6-7-18(23)17(21)12-16/h2-7,12H,8-11,13H2,1H3,(H,24,26). The number of carbonyl (C=O) groups excluding carboxylic acids is 1. The number of sulfonamides is 1. The average Bonchev–Trinajstić information content (AvgIpc) is 2.69. The van der Waals surface area contributed by atoms with E-state index in [1.807, 2.05) is 0 Å². The highest BCUT2D eigenvalue weighted by atomic mass is 35.5. The molecule has 0 aliphatic carbocycles. The van der Waals surface area contributed by atoms with E-state index in [0.29, 0.717) is 12.8 Å². The first-order valence-electron chi connectivity index (χ1n) is 9.10. The third-order valence-corrected chi connectivity index (χ3v) is 7.45. The van der Waals surface area contributed by atoms with E-state index in [0.717, 1.165) is 17.7 Å². The van der Waals surface area contributed by atoms with Crippen LogP contribution in [-0.2, 0) is 21.4 Å². The smallest absolute Gasteiger partial charge is 0.243 e. The Hall–Kier alpha value is -2.03. The molecule has 1 heterocycles. The third-order valence-electron chi connectivity index (χ3n) is 5.27. The van der Waals surface area contributed by atoms with E-state index < -0.39 is 21.3 Å². The van der Waals surface area contributed by atoms with Gasteiger partial charge in [-0.25, -0.2) is 17.2 Å². The molecule has 0 unspecified atom stereocenters. The van der Waals surface area contributed by atoms with E-state index in [1.165, 1.54) is 22.5 Å². The molecule has 2 aromatic rings. The van der Waals surface area contributed by atoms with E-state index >= 15 is 0 Å². The van der Waals surface area contributed by atoms with Crippen LogP contribution in [0.5, 0.6) is 0 Å². The minimum absolute atomic E-state index is 0.0757. The summed E-state index contributed by atoms with van der Waals surface area (Å²) in [4.78, 5) is 12.6. The van der Waals surface area contributed by atoms with Crippen molar-refractivity contribution in [3.05, 3.63) is 64.7 Å². The van der Waals surface area contributed by atoms with Crippen molar-refractivity contribution in [2.45, 2.75) is 31.2 Å². The van der Waals surface area contributed by atoms with Gasteiger partial charge in [-0.3, -0.25) is 4.79 Å². The highest BCUT2D eigenvalue weighted by molar-refractivity contribution is 7.89. The Morgan fingerprint density at radius 2 is 1.76 bits per heavy atom. The van der Waals surface area contributed by atoms with Gasteiger partial charge in [-0.15, -0.1) is 0 Å². The Kier molecular flexibility index (Phi) is 6.26. The van der Waals surface area contributed by atoms with Crippen molar-refractivity contribution in [2.75, 3.05) is 13.1 Å². The summed E-state index contributed by atoms with van der Waals surface area (Å²) >= 11 is 5.71. The van der Waals surface area contributed by atoms with Crippen molar-refractivity contribution in [2.24, 2.45) is 5.41 Å². The first-order valence-corrected chi connectivity index (χ1v) is 10.9. The molecule has 1 aliphatic heterocycles. The van der Waals surface area contributed by atoms with Gasteiger partial charge in [0.1, 0.15) is 11.6 Å². The highest BCUT2D eigenvalue weighted by Gasteiger charge is 2.40. The van der Waals surface area contributed by atoms with E-state index in [4.69, 9.17) is 11.6 Å². The van der Waals surface area contributed by atoms with E-state index in [9.17, 15) is 22.0 Å². The molecule has 3 rings (SSSR count). The predicted octanol–water partition coefficient (Wildman–Crippen LogP) is 3.73. The van der Waals surface area contributed by atoms with Gasteiger partial charge >= 0.3 is 0 Å². The fourth-order valence-electron chi connectivity index (χ4n) is 3.23. The molecule has 156 valence electrons. The molecule has 2 aromatic carbocycles. The van der Waals surface area contributed by atoms with Crippen molar-refractivity contribution in [1.82, 2.24) is 9.62 Å². The lowest BCUT2D eigenvalue weighted by Crippen LogP contribution is -2.48. The number of nitrogens with zero attached hydrogens (tertiary/aromatic N) is 1. The number of rotatable bonds is 5. The molecule has 0 saturated carbocycles. The van der Waals surface area contributed by atoms with E-state index in [-0.39, 0.29) is 41.3 Å². The maximum Gasteiger partial charge on any atom is 0.243 e. The lowest BCUT2D eigenvalue weighted by atomic mass is 9.80. The Morgan fingerprint density at radius 1 is 1.14 bits per heavy atom. The zero-order valence-electron chi connectivity index (χ0n) is 15.8. The number of amides is 1. The Bertz CT molecular complexity index is 1000. The van der Waals surface area contributed by atoms with Crippen molar-refractivity contribution in [3.63, 3.8) is 0 Å². The fraction of sp³-hybridized carbons (Fsp3) is 0.350. The van der Waals surface area contributed by atoms with Gasteiger partial charge in [0.25, 0.3) is 0 Å². The quantitative estimate of drug-likeness (QED) is 0.767. The van der Waals surface area contributed by atoms with Gasteiger partial charge in [-0.2, -0.15) is 4.31 Å². The minimum Gasteiger partial charge on any atom is -0.352 e. The SMILES string of the molecule is CC1(C(=O)NCc2ccc(F)cc2)CCN(S(=O)(=O)c2ccc(F)c(Cl)c2)CC1. The monoisotopic (exact) mass is 442 g/mol. The van der Waals surface area contributed by atoms with Crippen molar-refractivity contribution < 1.29 is 22.0 Å². The molecule has 1 N–H and O–H groups in total. The number of carbonyl (C=O) groups is 1. The summed E-state index contributed by atoms with van der Waals surface area (Å²) in [5.41, 5.74) is 0.0588. The molecule has 5 nitrogen and oxygen atoms in total. The summed E-state index contributed by atoms with van der Waals surface area (Å²) in [7, 11) is -3.82. The second-order valence-electron chi connectivity index (χ2n) is 7.35. The topological polar surface area (TPSA) is 66.5 Å². The van der Waals surface area contributed by atoms with Crippen molar-refractivity contribution in [1.29, 1.82) is 0 Å². The van der Waals surface area contributed by atoms with Crippen LogP contribution in [0.1, 0.15) is 25.3 Å². The van der Waals surface area contributed by atoms with Crippen LogP contribution in [-0.4, -0.2) is 31.7 Å². The fourth-order valence-corrected chi connectivity index (χ4v) is 4.94. The van der Waals surface area contributed by atoms with Gasteiger partial charge in [0.2, 0.25) is 15.9 Å². The number of hydrogen-bond donors (Lipinski definition) is 1. The summed E-state index contributed by atoms with van der Waals surface area (Å²) < 4.78 is 53.1. The minimum atomic E-state index is -3.82. The van der Waals surface area contributed by atoms with E-state index in [2.05, 4.69) is 5.32 Å². The van der Waals surface area contributed by atoms with Crippen LogP contribution >= 0.6 is 11.6 Å². The summed E-state index contributed by atoms with van der Waals surface area (Å²) in [5, 5.41) is 2.58. The highest BCUT2D eigenvalue weighted by Crippen LogP contribution is 2.34. The molecule has 29 heavy (non-hydrogen) atoms. The zero-order valence-corrected chi connectivity index (χ0v) is 17.4. The number of hydrogen-bond acceptors (Lipinski definition) is 3. The summed E-state index contributed by atoms with van der Waals surface area (Å²) in [6.07, 6.45) is 0.687. The lowest BCUT2D eigenvalue weighted by molar-refractivity contribution is -0.132. The van der Waals surface area contributed by atoms with Gasteiger partial charge in [-0.1, -0.05) is 30.7 Å². The van der Waals surface area contributed by atoms with Crippen LogP contribution in [0.2, 0.25) is 5.02 Å². The van der Waals surface area contributed by atoms with Gasteiger partial charge in [0.05, 0.1) is 9.92 Å². The van der Waals surface area contributed by atoms with Crippen LogP contribution in [0, 0.1) is 17.0 Å². The van der Waals surface area contributed by atoms with Crippen molar-refractivity contribution >= 4 is 27.5 Å². The molecule has 1 fully saturated rings. The number of piperidine rings is 1. The molecule has 1 saturated heterocycles. The number of nitrogens with one attached hydrogen (secondary N) is 1. The van der Waals surface area contributed by atoms with Gasteiger partial charge in [0, 0.05) is 25.0 Å². The Labute approximate surface area is 173 Å². The molecular weight excluding hydrogens is 422 g/mol. The third kappa shape index (κ3) is 4.76. The summed E-state index contributed by atoms with van der Waals surface area (Å²) in [5.74, 6) is -1.21. The van der Waals surface area contributed by atoms with Gasteiger partial charge < -0.3 is 5.32 Å². The van der Waals surface area contributed by atoms with Crippen LogP contribution in [0.3, 0.4) is 0 Å². The Morgan fingerprint density at radius 3 is 2.34 bits per heavy atom. The van der Waals surface area contributed by atoms with Gasteiger partial charge in [0.15, 0.2) is 0 Å². The van der Waals surface area contributed by atoms with Crippen LogP contribution in [0.25, 0.3) is 0 Å². The maximum atomic E-state index is 13.3. The molecule has 1 amide bonds. The molecule has 0 aromatic heterocycles. The largest absolute Gasteiger partial charge is 0.352 e. The number of benzene rings is 2. The molecular formula is C20H21ClF2N2O3S. The average molecular weight is 443 g/mol. The molecule has 0 bridgehead atoms. The summed E-state index contributed by atoms with van der Waals surface area (Å²) in [6, 6.07) is 9.14. The predicted molar refractivity (Wildman–Crippen MR) is 106 cm³/mol. The van der Waals surface area contributed by atoms with Crippen LogP contribution < -0.4 is 5.32 Å². The second kappa shape index (κ2) is 8.38. The van der Waals surface area contributed by atoms with Gasteiger partial charge in [-0.05, 0) is 48.7 Å².